The third-order valence-electron chi connectivity index (χ3n) is 2.55. The molecular formula is C10H25ClN2O2S. The molecule has 0 atom stereocenters. The van der Waals surface area contributed by atoms with Crippen molar-refractivity contribution in [3.63, 3.8) is 0 Å². The molecule has 100 valence electrons. The number of hydrogen-bond donors (Lipinski definition) is 2. The van der Waals surface area contributed by atoms with Gasteiger partial charge in [0.15, 0.2) is 0 Å². The molecule has 0 aliphatic carbocycles. The van der Waals surface area contributed by atoms with E-state index in [1.807, 2.05) is 13.8 Å². The number of halogens is 1. The van der Waals surface area contributed by atoms with Crippen molar-refractivity contribution in [3.8, 4) is 0 Å². The van der Waals surface area contributed by atoms with Crippen molar-refractivity contribution in [1.29, 1.82) is 0 Å². The van der Waals surface area contributed by atoms with E-state index in [-0.39, 0.29) is 24.1 Å². The molecule has 0 amide bonds. The Balaban J connectivity index is 0. The van der Waals surface area contributed by atoms with Crippen LogP contribution in [0.25, 0.3) is 0 Å². The first-order valence-corrected chi connectivity index (χ1v) is 7.13. The van der Waals surface area contributed by atoms with Crippen LogP contribution in [0.4, 0.5) is 0 Å². The summed E-state index contributed by atoms with van der Waals surface area (Å²) in [7, 11) is -3.20. The molecule has 0 heterocycles. The Morgan fingerprint density at radius 3 is 2.00 bits per heavy atom. The van der Waals surface area contributed by atoms with Crippen LogP contribution in [0.1, 0.15) is 40.5 Å². The molecule has 0 bridgehead atoms. The Hall–Kier alpha value is 0.160. The summed E-state index contributed by atoms with van der Waals surface area (Å²) in [6, 6.07) is 0. The zero-order valence-corrected chi connectivity index (χ0v) is 12.2. The monoisotopic (exact) mass is 272 g/mol. The average molecular weight is 273 g/mol. The first-order valence-electron chi connectivity index (χ1n) is 5.48. The number of sulfonamides is 1. The fraction of sp³-hybridized carbons (Fsp3) is 1.00. The second-order valence-electron chi connectivity index (χ2n) is 4.65. The van der Waals surface area contributed by atoms with Crippen LogP contribution in [0.3, 0.4) is 0 Å². The molecule has 0 aliphatic rings. The zero-order valence-electron chi connectivity index (χ0n) is 10.6. The second-order valence-corrected chi connectivity index (χ2v) is 6.42. The van der Waals surface area contributed by atoms with Gasteiger partial charge in [0.2, 0.25) is 10.0 Å². The van der Waals surface area contributed by atoms with Gasteiger partial charge in [-0.3, -0.25) is 0 Å². The summed E-state index contributed by atoms with van der Waals surface area (Å²) < 4.78 is 26.2. The number of hydrogen-bond acceptors (Lipinski definition) is 3. The maximum absolute atomic E-state index is 11.8. The quantitative estimate of drug-likeness (QED) is 0.738. The highest BCUT2D eigenvalue weighted by Crippen LogP contribution is 2.12. The molecule has 0 aromatic heterocycles. The topological polar surface area (TPSA) is 72.2 Å². The molecular weight excluding hydrogens is 248 g/mol. The molecule has 6 heteroatoms. The molecule has 0 unspecified atom stereocenters. The maximum Gasteiger partial charge on any atom is 0.212 e. The number of nitrogens with two attached hydrogens (primary N) is 1. The molecule has 0 radical (unpaired) electrons. The van der Waals surface area contributed by atoms with Crippen LogP contribution in [-0.2, 0) is 10.0 Å². The minimum Gasteiger partial charge on any atom is -0.329 e. The lowest BCUT2D eigenvalue weighted by Gasteiger charge is -2.25. The fourth-order valence-electron chi connectivity index (χ4n) is 1.34. The molecule has 0 fully saturated rings. The lowest BCUT2D eigenvalue weighted by Crippen LogP contribution is -2.50. The Kier molecular flexibility index (Phi) is 8.66. The Labute approximate surface area is 106 Å². The van der Waals surface area contributed by atoms with Crippen LogP contribution in [0.2, 0.25) is 0 Å². The molecule has 0 aromatic carbocycles. The zero-order chi connectivity index (χ0) is 12.1. The second kappa shape index (κ2) is 7.48. The van der Waals surface area contributed by atoms with E-state index in [1.165, 1.54) is 0 Å². The van der Waals surface area contributed by atoms with Gasteiger partial charge in [-0.25, -0.2) is 13.1 Å². The van der Waals surface area contributed by atoms with Crippen molar-refractivity contribution in [3.05, 3.63) is 0 Å². The molecule has 0 aliphatic heterocycles. The molecule has 0 saturated carbocycles. The van der Waals surface area contributed by atoms with Gasteiger partial charge in [-0.15, -0.1) is 12.4 Å². The highest BCUT2D eigenvalue weighted by atomic mass is 35.5. The van der Waals surface area contributed by atoms with Crippen LogP contribution in [0, 0.1) is 5.92 Å². The van der Waals surface area contributed by atoms with E-state index in [9.17, 15) is 8.42 Å². The van der Waals surface area contributed by atoms with Gasteiger partial charge in [0, 0.05) is 12.1 Å². The van der Waals surface area contributed by atoms with Gasteiger partial charge in [0.05, 0.1) is 5.75 Å². The van der Waals surface area contributed by atoms with Crippen LogP contribution in [0.5, 0.6) is 0 Å². The summed E-state index contributed by atoms with van der Waals surface area (Å²) in [6.07, 6.45) is 1.78. The van der Waals surface area contributed by atoms with E-state index in [0.29, 0.717) is 6.54 Å². The minimum atomic E-state index is -3.20. The van der Waals surface area contributed by atoms with E-state index in [1.54, 1.807) is 13.8 Å². The maximum atomic E-state index is 11.8. The van der Waals surface area contributed by atoms with Crippen LogP contribution < -0.4 is 10.5 Å². The predicted octanol–water partition coefficient (Wildman–Crippen LogP) is 1.50. The average Bonchev–Trinajstić information content (AvgIpc) is 2.12. The summed E-state index contributed by atoms with van der Waals surface area (Å²) >= 11 is 0. The van der Waals surface area contributed by atoms with Gasteiger partial charge < -0.3 is 5.73 Å². The van der Waals surface area contributed by atoms with Crippen LogP contribution in [0.15, 0.2) is 0 Å². The smallest absolute Gasteiger partial charge is 0.212 e. The van der Waals surface area contributed by atoms with Gasteiger partial charge in [-0.1, -0.05) is 26.7 Å². The highest BCUT2D eigenvalue weighted by Gasteiger charge is 2.25. The molecule has 0 saturated heterocycles. The van der Waals surface area contributed by atoms with E-state index in [2.05, 4.69) is 4.72 Å². The minimum absolute atomic E-state index is 0. The fourth-order valence-corrected chi connectivity index (χ4v) is 3.44. The molecule has 0 spiro atoms. The SMILES string of the molecule is CCC(CC)CS(=O)(=O)NC(C)(C)CN.Cl. The summed E-state index contributed by atoms with van der Waals surface area (Å²) in [4.78, 5) is 0. The van der Waals surface area contributed by atoms with Crippen LogP contribution in [-0.4, -0.2) is 26.3 Å². The predicted molar refractivity (Wildman–Crippen MR) is 71.4 cm³/mol. The van der Waals surface area contributed by atoms with E-state index >= 15 is 0 Å². The lowest BCUT2D eigenvalue weighted by atomic mass is 10.1. The van der Waals surface area contributed by atoms with Crippen LogP contribution >= 0.6 is 12.4 Å². The summed E-state index contributed by atoms with van der Waals surface area (Å²) in [6.45, 7) is 7.90. The van der Waals surface area contributed by atoms with E-state index in [0.717, 1.165) is 12.8 Å². The first kappa shape index (κ1) is 18.5. The standard InChI is InChI=1S/C10H24N2O2S.ClH/c1-5-9(6-2)7-15(13,14)12-10(3,4)8-11;/h9,12H,5-8,11H2,1-4H3;1H. The third-order valence-corrected chi connectivity index (χ3v) is 4.33. The van der Waals surface area contributed by atoms with Crippen molar-refractivity contribution in [1.82, 2.24) is 4.72 Å². The lowest BCUT2D eigenvalue weighted by molar-refractivity contribution is 0.452. The van der Waals surface area contributed by atoms with Crippen molar-refractivity contribution in [2.75, 3.05) is 12.3 Å². The summed E-state index contributed by atoms with van der Waals surface area (Å²) in [5, 5.41) is 0. The molecule has 3 N–H and O–H groups in total. The van der Waals surface area contributed by atoms with Gasteiger partial charge in [0.25, 0.3) is 0 Å². The highest BCUT2D eigenvalue weighted by molar-refractivity contribution is 7.89. The molecule has 0 rings (SSSR count). The largest absolute Gasteiger partial charge is 0.329 e. The first-order chi connectivity index (χ1) is 6.76. The Morgan fingerprint density at radius 1 is 1.25 bits per heavy atom. The Bertz CT molecular complexity index is 275. The molecule has 4 nitrogen and oxygen atoms in total. The number of nitrogens with one attached hydrogen (secondary N) is 1. The van der Waals surface area contributed by atoms with Crippen molar-refractivity contribution in [2.24, 2.45) is 11.7 Å². The molecule has 0 aromatic rings. The van der Waals surface area contributed by atoms with Gasteiger partial charge >= 0.3 is 0 Å². The van der Waals surface area contributed by atoms with Crippen molar-refractivity contribution in [2.45, 2.75) is 46.1 Å². The summed E-state index contributed by atoms with van der Waals surface area (Å²) in [5.41, 5.74) is 4.93. The van der Waals surface area contributed by atoms with E-state index < -0.39 is 15.6 Å². The van der Waals surface area contributed by atoms with Gasteiger partial charge in [-0.05, 0) is 19.8 Å². The third kappa shape index (κ3) is 7.44. The molecule has 16 heavy (non-hydrogen) atoms. The van der Waals surface area contributed by atoms with Crippen molar-refractivity contribution < 1.29 is 8.42 Å². The number of rotatable bonds is 7. The van der Waals surface area contributed by atoms with Gasteiger partial charge in [-0.2, -0.15) is 0 Å². The van der Waals surface area contributed by atoms with E-state index in [4.69, 9.17) is 5.73 Å². The Morgan fingerprint density at radius 2 is 1.69 bits per heavy atom. The summed E-state index contributed by atoms with van der Waals surface area (Å²) in [5.74, 6) is 0.430. The normalized spacial score (nSPS) is 12.6. The van der Waals surface area contributed by atoms with Crippen molar-refractivity contribution >= 4 is 22.4 Å². The van der Waals surface area contributed by atoms with Gasteiger partial charge in [0.1, 0.15) is 0 Å².